The summed E-state index contributed by atoms with van der Waals surface area (Å²) in [6.45, 7) is 5.61. The third-order valence-corrected chi connectivity index (χ3v) is 4.07. The van der Waals surface area contributed by atoms with Crippen LogP contribution in [0.25, 0.3) is 0 Å². The van der Waals surface area contributed by atoms with Crippen LogP contribution in [-0.4, -0.2) is 23.9 Å². The molecule has 0 aliphatic carbocycles. The molecule has 4 nitrogen and oxygen atoms in total. The van der Waals surface area contributed by atoms with Gasteiger partial charge in [-0.2, -0.15) is 5.26 Å². The number of carbonyl (C=O) groups excluding carboxylic acids is 1. The molecule has 122 valence electrons. The highest BCUT2D eigenvalue weighted by atomic mass is 16.2. The molecule has 0 atom stereocenters. The van der Waals surface area contributed by atoms with E-state index in [0.29, 0.717) is 12.1 Å². The number of hydrogen-bond donors (Lipinski definition) is 1. The maximum atomic E-state index is 12.0. The van der Waals surface area contributed by atoms with Gasteiger partial charge in [0.05, 0.1) is 17.8 Å². The van der Waals surface area contributed by atoms with E-state index in [1.165, 1.54) is 12.8 Å². The summed E-state index contributed by atoms with van der Waals surface area (Å²) in [6.07, 6.45) is 7.02. The van der Waals surface area contributed by atoms with Crippen LogP contribution in [-0.2, 0) is 11.2 Å². The van der Waals surface area contributed by atoms with Gasteiger partial charge in [-0.05, 0) is 30.9 Å². The zero-order chi connectivity index (χ0) is 16.7. The quantitative estimate of drug-likeness (QED) is 0.742. The molecule has 1 aliphatic heterocycles. The summed E-state index contributed by atoms with van der Waals surface area (Å²) in [7, 11) is 0. The second-order valence-electron chi connectivity index (χ2n) is 5.96. The van der Waals surface area contributed by atoms with E-state index in [0.717, 1.165) is 42.8 Å². The van der Waals surface area contributed by atoms with Crippen LogP contribution in [0.2, 0.25) is 0 Å². The number of aryl methyl sites for hydroxylation is 1. The number of amides is 1. The van der Waals surface area contributed by atoms with Gasteiger partial charge in [-0.15, -0.1) is 0 Å². The molecular formula is C19H25N3O. The van der Waals surface area contributed by atoms with Gasteiger partial charge in [0.15, 0.2) is 0 Å². The van der Waals surface area contributed by atoms with Crippen molar-refractivity contribution in [3.05, 3.63) is 41.1 Å². The average molecular weight is 311 g/mol. The molecular weight excluding hydrogens is 286 g/mol. The minimum Gasteiger partial charge on any atom is -0.356 e. The lowest BCUT2D eigenvalue weighted by molar-refractivity contribution is -0.124. The van der Waals surface area contributed by atoms with E-state index in [9.17, 15) is 10.1 Å². The van der Waals surface area contributed by atoms with Crippen molar-refractivity contribution in [3.63, 3.8) is 0 Å². The van der Waals surface area contributed by atoms with Crippen LogP contribution in [0.15, 0.2) is 30.0 Å². The largest absolute Gasteiger partial charge is 0.356 e. The van der Waals surface area contributed by atoms with E-state index < -0.39 is 0 Å². The van der Waals surface area contributed by atoms with E-state index >= 15 is 0 Å². The number of hydrogen-bond acceptors (Lipinski definition) is 3. The molecule has 1 N–H and O–H groups in total. The Bertz CT molecular complexity index is 628. The van der Waals surface area contributed by atoms with E-state index in [4.69, 9.17) is 0 Å². The van der Waals surface area contributed by atoms with E-state index in [1.807, 2.05) is 17.0 Å². The standard InChI is InChI=1S/C19H25N3O/c1-3-5-6-8-15-9-7-10-16(13-20)19(15)21-17-12-18(23)22(14-17)11-4-2/h7,9-10,12,21H,3-6,8,11,14H2,1-2H3. The SMILES string of the molecule is CCCCCc1cccc(C#N)c1NC1=CC(=O)N(CCC)C1. The first-order chi connectivity index (χ1) is 11.2. The molecule has 0 aromatic heterocycles. The molecule has 1 aliphatic rings. The van der Waals surface area contributed by atoms with Crippen molar-refractivity contribution < 1.29 is 4.79 Å². The molecule has 1 aromatic carbocycles. The number of benzene rings is 1. The second-order valence-corrected chi connectivity index (χ2v) is 5.96. The number of carbonyl (C=O) groups is 1. The maximum absolute atomic E-state index is 12.0. The molecule has 0 bridgehead atoms. The summed E-state index contributed by atoms with van der Waals surface area (Å²) in [4.78, 5) is 13.8. The average Bonchev–Trinajstić information content (AvgIpc) is 2.89. The second kappa shape index (κ2) is 8.38. The highest BCUT2D eigenvalue weighted by Crippen LogP contribution is 2.26. The van der Waals surface area contributed by atoms with Crippen LogP contribution in [0.4, 0.5) is 5.69 Å². The molecule has 23 heavy (non-hydrogen) atoms. The lowest BCUT2D eigenvalue weighted by Crippen LogP contribution is -2.27. The lowest BCUT2D eigenvalue weighted by Gasteiger charge is -2.17. The van der Waals surface area contributed by atoms with Crippen molar-refractivity contribution >= 4 is 11.6 Å². The molecule has 0 saturated heterocycles. The van der Waals surface area contributed by atoms with Crippen molar-refractivity contribution in [3.8, 4) is 6.07 Å². The number of nitriles is 1. The van der Waals surface area contributed by atoms with E-state index in [-0.39, 0.29) is 5.91 Å². The van der Waals surface area contributed by atoms with Gasteiger partial charge in [0, 0.05) is 18.3 Å². The fraction of sp³-hybridized carbons (Fsp3) is 0.474. The number of rotatable bonds is 8. The minimum absolute atomic E-state index is 0.0521. The maximum Gasteiger partial charge on any atom is 0.248 e. The van der Waals surface area contributed by atoms with Crippen molar-refractivity contribution in [2.45, 2.75) is 46.0 Å². The molecule has 0 spiro atoms. The zero-order valence-electron chi connectivity index (χ0n) is 14.1. The van der Waals surface area contributed by atoms with Gasteiger partial charge in [-0.1, -0.05) is 38.8 Å². The predicted octanol–water partition coefficient (Wildman–Crippen LogP) is 3.84. The summed E-state index contributed by atoms with van der Waals surface area (Å²) < 4.78 is 0. The first kappa shape index (κ1) is 17.1. The van der Waals surface area contributed by atoms with Crippen LogP contribution >= 0.6 is 0 Å². The molecule has 1 heterocycles. The fourth-order valence-electron chi connectivity index (χ4n) is 2.88. The van der Waals surface area contributed by atoms with Gasteiger partial charge in [0.1, 0.15) is 6.07 Å². The first-order valence-electron chi connectivity index (χ1n) is 8.48. The first-order valence-corrected chi connectivity index (χ1v) is 8.48. The zero-order valence-corrected chi connectivity index (χ0v) is 14.1. The molecule has 0 unspecified atom stereocenters. The number of para-hydroxylation sites is 1. The molecule has 0 saturated carbocycles. The third-order valence-electron chi connectivity index (χ3n) is 4.07. The Morgan fingerprint density at radius 2 is 2.09 bits per heavy atom. The fourth-order valence-corrected chi connectivity index (χ4v) is 2.88. The molecule has 0 radical (unpaired) electrons. The molecule has 1 amide bonds. The Balaban J connectivity index is 2.17. The molecule has 0 fully saturated rings. The Morgan fingerprint density at radius 3 is 2.78 bits per heavy atom. The van der Waals surface area contributed by atoms with Crippen LogP contribution in [0.1, 0.15) is 50.7 Å². The van der Waals surface area contributed by atoms with Gasteiger partial charge in [0.25, 0.3) is 0 Å². The van der Waals surface area contributed by atoms with Crippen LogP contribution < -0.4 is 5.32 Å². The summed E-state index contributed by atoms with van der Waals surface area (Å²) in [5.74, 6) is 0.0521. The molecule has 4 heteroatoms. The smallest absolute Gasteiger partial charge is 0.248 e. The Kier molecular flexibility index (Phi) is 6.22. The third kappa shape index (κ3) is 4.35. The number of nitrogens with one attached hydrogen (secondary N) is 1. The minimum atomic E-state index is 0.0521. The highest BCUT2D eigenvalue weighted by molar-refractivity contribution is 5.92. The summed E-state index contributed by atoms with van der Waals surface area (Å²) >= 11 is 0. The summed E-state index contributed by atoms with van der Waals surface area (Å²) in [5.41, 5.74) is 3.53. The van der Waals surface area contributed by atoms with Crippen LogP contribution in [0, 0.1) is 11.3 Å². The monoisotopic (exact) mass is 311 g/mol. The van der Waals surface area contributed by atoms with Crippen molar-refractivity contribution in [2.75, 3.05) is 18.4 Å². The normalized spacial score (nSPS) is 13.9. The highest BCUT2D eigenvalue weighted by Gasteiger charge is 2.21. The lowest BCUT2D eigenvalue weighted by atomic mass is 10.0. The number of anilines is 1. The van der Waals surface area contributed by atoms with Gasteiger partial charge in [-0.3, -0.25) is 4.79 Å². The Hall–Kier alpha value is -2.28. The summed E-state index contributed by atoms with van der Waals surface area (Å²) in [6, 6.07) is 8.09. The number of unbranched alkanes of at least 4 members (excludes halogenated alkanes) is 2. The summed E-state index contributed by atoms with van der Waals surface area (Å²) in [5, 5.41) is 12.7. The van der Waals surface area contributed by atoms with Crippen LogP contribution in [0.3, 0.4) is 0 Å². The van der Waals surface area contributed by atoms with Gasteiger partial charge >= 0.3 is 0 Å². The van der Waals surface area contributed by atoms with Gasteiger partial charge < -0.3 is 10.2 Å². The van der Waals surface area contributed by atoms with E-state index in [1.54, 1.807) is 6.08 Å². The Labute approximate surface area is 138 Å². The van der Waals surface area contributed by atoms with Crippen molar-refractivity contribution in [1.82, 2.24) is 4.90 Å². The Morgan fingerprint density at radius 1 is 1.26 bits per heavy atom. The molecule has 2 rings (SSSR count). The van der Waals surface area contributed by atoms with Gasteiger partial charge in [-0.25, -0.2) is 0 Å². The van der Waals surface area contributed by atoms with Crippen molar-refractivity contribution in [2.24, 2.45) is 0 Å². The topological polar surface area (TPSA) is 56.1 Å². The van der Waals surface area contributed by atoms with Crippen LogP contribution in [0.5, 0.6) is 0 Å². The predicted molar refractivity (Wildman–Crippen MR) is 93.0 cm³/mol. The van der Waals surface area contributed by atoms with E-state index in [2.05, 4.69) is 31.3 Å². The number of nitrogens with zero attached hydrogens (tertiary/aromatic N) is 2. The van der Waals surface area contributed by atoms with Crippen molar-refractivity contribution in [1.29, 1.82) is 5.26 Å². The van der Waals surface area contributed by atoms with Gasteiger partial charge in [0.2, 0.25) is 5.91 Å². The molecule has 1 aromatic rings.